The van der Waals surface area contributed by atoms with Gasteiger partial charge in [0.25, 0.3) is 5.91 Å². The Morgan fingerprint density at radius 2 is 1.79 bits per heavy atom. The van der Waals surface area contributed by atoms with Crippen LogP contribution in [0.2, 0.25) is 0 Å². The lowest BCUT2D eigenvalue weighted by atomic mass is 10.0. The first-order chi connectivity index (χ1) is 13.1. The highest BCUT2D eigenvalue weighted by Crippen LogP contribution is 2.19. The van der Waals surface area contributed by atoms with Gasteiger partial charge in [0, 0.05) is 18.4 Å². The first-order valence-electron chi connectivity index (χ1n) is 9.09. The van der Waals surface area contributed by atoms with Crippen molar-refractivity contribution >= 4 is 17.8 Å². The molecule has 0 saturated heterocycles. The molecule has 2 aromatic rings. The molecule has 152 valence electrons. The average Bonchev–Trinajstić information content (AvgIpc) is 3.13. The molecule has 2 aromatic heterocycles. The summed E-state index contributed by atoms with van der Waals surface area (Å²) in [5.41, 5.74) is 2.23. The van der Waals surface area contributed by atoms with Crippen LogP contribution < -0.4 is 10.6 Å². The first kappa shape index (κ1) is 21.2. The number of nitrogens with zero attached hydrogens (tertiary/aromatic N) is 3. The highest BCUT2D eigenvalue weighted by Gasteiger charge is 2.23. The van der Waals surface area contributed by atoms with E-state index in [9.17, 15) is 19.5 Å². The molecule has 0 fully saturated rings. The lowest BCUT2D eigenvalue weighted by molar-refractivity contribution is -0.142. The monoisotopic (exact) mass is 389 g/mol. The van der Waals surface area contributed by atoms with E-state index in [1.54, 1.807) is 11.7 Å². The molecule has 0 unspecified atom stereocenters. The maximum absolute atomic E-state index is 12.6. The van der Waals surface area contributed by atoms with Gasteiger partial charge >= 0.3 is 5.97 Å². The molecule has 0 aromatic carbocycles. The number of carboxylic acids is 1. The molecule has 0 spiro atoms. The Balaban J connectivity index is 2.09. The second-order valence-corrected chi connectivity index (χ2v) is 7.23. The fourth-order valence-corrected chi connectivity index (χ4v) is 3.05. The molecular weight excluding hydrogens is 362 g/mol. The zero-order chi connectivity index (χ0) is 21.0. The fraction of sp³-hybridized carbons (Fsp3) is 0.474. The van der Waals surface area contributed by atoms with Crippen LogP contribution in [-0.4, -0.2) is 49.8 Å². The van der Waals surface area contributed by atoms with Crippen LogP contribution in [0.5, 0.6) is 0 Å². The zero-order valence-electron chi connectivity index (χ0n) is 16.8. The third kappa shape index (κ3) is 4.79. The van der Waals surface area contributed by atoms with Gasteiger partial charge in [-0.25, -0.2) is 4.79 Å². The molecule has 0 aliphatic heterocycles. The molecule has 0 radical (unpaired) electrons. The summed E-state index contributed by atoms with van der Waals surface area (Å²) in [6.45, 7) is 7.28. The van der Waals surface area contributed by atoms with Gasteiger partial charge in [-0.1, -0.05) is 13.8 Å². The van der Waals surface area contributed by atoms with Crippen molar-refractivity contribution in [1.82, 2.24) is 25.0 Å². The number of rotatable bonds is 8. The average molecular weight is 389 g/mol. The van der Waals surface area contributed by atoms with Gasteiger partial charge in [0.1, 0.15) is 17.4 Å². The van der Waals surface area contributed by atoms with E-state index < -0.39 is 23.8 Å². The third-order valence-electron chi connectivity index (χ3n) is 4.38. The van der Waals surface area contributed by atoms with Crippen LogP contribution in [-0.2, 0) is 16.6 Å². The summed E-state index contributed by atoms with van der Waals surface area (Å²) >= 11 is 0. The minimum absolute atomic E-state index is 0.113. The molecule has 3 N–H and O–H groups in total. The second-order valence-electron chi connectivity index (χ2n) is 7.23. The molecule has 2 heterocycles. The van der Waals surface area contributed by atoms with Gasteiger partial charge in [0.15, 0.2) is 0 Å². The number of hydrogen-bond donors (Lipinski definition) is 3. The number of hydrogen-bond acceptors (Lipinski definition) is 4. The topological polar surface area (TPSA) is 118 Å². The van der Waals surface area contributed by atoms with Gasteiger partial charge in [-0.2, -0.15) is 5.10 Å². The Bertz CT molecular complexity index is 862. The smallest absolute Gasteiger partial charge is 0.326 e. The molecule has 9 heteroatoms. The third-order valence-corrected chi connectivity index (χ3v) is 4.38. The number of aromatic nitrogens is 3. The number of aryl methyl sites for hydroxylation is 3. The van der Waals surface area contributed by atoms with Crippen LogP contribution in [0.1, 0.15) is 42.0 Å². The first-order valence-corrected chi connectivity index (χ1v) is 9.09. The van der Waals surface area contributed by atoms with Crippen molar-refractivity contribution in [1.29, 1.82) is 0 Å². The van der Waals surface area contributed by atoms with E-state index in [1.165, 1.54) is 6.20 Å². The predicted molar refractivity (Wildman–Crippen MR) is 103 cm³/mol. The molecule has 1 atom stereocenters. The number of carbonyl (C=O) groups is 3. The van der Waals surface area contributed by atoms with Crippen LogP contribution in [0, 0.1) is 19.8 Å². The minimum atomic E-state index is -1.10. The van der Waals surface area contributed by atoms with Crippen molar-refractivity contribution in [3.05, 3.63) is 35.3 Å². The lowest BCUT2D eigenvalue weighted by Gasteiger charge is -2.17. The maximum Gasteiger partial charge on any atom is 0.326 e. The van der Waals surface area contributed by atoms with E-state index in [0.29, 0.717) is 17.8 Å². The summed E-state index contributed by atoms with van der Waals surface area (Å²) in [4.78, 5) is 36.0. The fourth-order valence-electron chi connectivity index (χ4n) is 3.05. The SMILES string of the molecule is Cc1ccc(C)n1-c1c(C(=O)NCC(=O)N[C@@H](CC(C)C)C(=O)O)cnn1C. The van der Waals surface area contributed by atoms with E-state index >= 15 is 0 Å². The number of amides is 2. The molecule has 2 rings (SSSR count). The molecule has 0 saturated carbocycles. The molecule has 2 amide bonds. The van der Waals surface area contributed by atoms with Crippen molar-refractivity contribution < 1.29 is 19.5 Å². The Labute approximate surface area is 163 Å². The Hall–Kier alpha value is -3.10. The number of carboxylic acid groups (broad SMARTS) is 1. The molecule has 9 nitrogen and oxygen atoms in total. The lowest BCUT2D eigenvalue weighted by Crippen LogP contribution is -2.46. The molecule has 28 heavy (non-hydrogen) atoms. The minimum Gasteiger partial charge on any atom is -0.480 e. The molecule has 0 aliphatic rings. The van der Waals surface area contributed by atoms with Crippen LogP contribution in [0.15, 0.2) is 18.3 Å². The van der Waals surface area contributed by atoms with E-state index in [1.807, 2.05) is 44.4 Å². The molecular formula is C19H27N5O4. The molecule has 0 aliphatic carbocycles. The van der Waals surface area contributed by atoms with Gasteiger partial charge in [0.2, 0.25) is 5.91 Å². The van der Waals surface area contributed by atoms with E-state index in [2.05, 4.69) is 15.7 Å². The van der Waals surface area contributed by atoms with Crippen molar-refractivity contribution in [3.63, 3.8) is 0 Å². The number of nitrogens with one attached hydrogen (secondary N) is 2. The highest BCUT2D eigenvalue weighted by molar-refractivity contribution is 5.99. The van der Waals surface area contributed by atoms with Gasteiger partial charge in [0.05, 0.1) is 12.7 Å². The maximum atomic E-state index is 12.6. The van der Waals surface area contributed by atoms with Crippen LogP contribution >= 0.6 is 0 Å². The largest absolute Gasteiger partial charge is 0.480 e. The van der Waals surface area contributed by atoms with Gasteiger partial charge in [-0.15, -0.1) is 0 Å². The molecule has 0 bridgehead atoms. The van der Waals surface area contributed by atoms with Crippen LogP contribution in [0.25, 0.3) is 5.82 Å². The van der Waals surface area contributed by atoms with Crippen molar-refractivity contribution in [2.24, 2.45) is 13.0 Å². The van der Waals surface area contributed by atoms with Crippen LogP contribution in [0.4, 0.5) is 0 Å². The quantitative estimate of drug-likeness (QED) is 0.626. The zero-order valence-corrected chi connectivity index (χ0v) is 16.8. The van der Waals surface area contributed by atoms with Gasteiger partial charge in [-0.05, 0) is 38.3 Å². The Morgan fingerprint density at radius 1 is 1.18 bits per heavy atom. The van der Waals surface area contributed by atoms with Crippen LogP contribution in [0.3, 0.4) is 0 Å². The van der Waals surface area contributed by atoms with Crippen molar-refractivity contribution in [3.8, 4) is 5.82 Å². The normalized spacial score (nSPS) is 12.1. The van der Waals surface area contributed by atoms with Crippen molar-refractivity contribution in [2.75, 3.05) is 6.54 Å². The Kier molecular flexibility index (Phi) is 6.61. The van der Waals surface area contributed by atoms with E-state index in [-0.39, 0.29) is 12.5 Å². The summed E-state index contributed by atoms with van der Waals surface area (Å²) in [5, 5.41) is 18.4. The Morgan fingerprint density at radius 3 is 2.32 bits per heavy atom. The standard InChI is InChI=1S/C19H27N5O4/c1-11(2)8-15(19(27)28)22-16(25)10-20-17(26)14-9-21-23(5)18(14)24-12(3)6-7-13(24)4/h6-7,9,11,15H,8,10H2,1-5H3,(H,20,26)(H,22,25)(H,27,28)/t15-/m0/s1. The second kappa shape index (κ2) is 8.73. The van der Waals surface area contributed by atoms with E-state index in [0.717, 1.165) is 11.4 Å². The summed E-state index contributed by atoms with van der Waals surface area (Å²) in [6.07, 6.45) is 1.76. The van der Waals surface area contributed by atoms with Gasteiger partial charge < -0.3 is 20.3 Å². The summed E-state index contributed by atoms with van der Waals surface area (Å²) in [7, 11) is 1.74. The number of carbonyl (C=O) groups excluding carboxylic acids is 2. The summed E-state index contributed by atoms with van der Waals surface area (Å²) < 4.78 is 3.50. The summed E-state index contributed by atoms with van der Waals surface area (Å²) in [5.74, 6) is -1.40. The highest BCUT2D eigenvalue weighted by atomic mass is 16.4. The van der Waals surface area contributed by atoms with Crippen molar-refractivity contribution in [2.45, 2.75) is 40.2 Å². The summed E-state index contributed by atoms with van der Waals surface area (Å²) in [6, 6.07) is 2.90. The number of aliphatic carboxylic acids is 1. The predicted octanol–water partition coefficient (Wildman–Crippen LogP) is 1.17. The van der Waals surface area contributed by atoms with Gasteiger partial charge in [-0.3, -0.25) is 14.3 Å². The van der Waals surface area contributed by atoms with E-state index in [4.69, 9.17) is 0 Å².